The van der Waals surface area contributed by atoms with Gasteiger partial charge in [-0.25, -0.2) is 4.79 Å². The molecule has 1 aromatic carbocycles. The Kier molecular flexibility index (Phi) is 7.28. The van der Waals surface area contributed by atoms with Crippen LogP contribution in [0, 0.1) is 11.8 Å². The van der Waals surface area contributed by atoms with E-state index in [2.05, 4.69) is 0 Å². The number of aliphatic hydroxyl groups is 2. The van der Waals surface area contributed by atoms with Gasteiger partial charge in [-0.05, 0) is 31.1 Å². The van der Waals surface area contributed by atoms with Crippen molar-refractivity contribution < 1.29 is 19.7 Å². The second-order valence-corrected chi connectivity index (χ2v) is 5.88. The van der Waals surface area contributed by atoms with E-state index in [1.165, 1.54) is 0 Å². The highest BCUT2D eigenvalue weighted by atomic mass is 16.5. The first-order chi connectivity index (χ1) is 10.4. The maximum atomic E-state index is 12.0. The topological polar surface area (TPSA) is 66.8 Å². The number of carbonyl (C=O) groups is 1. The molecule has 0 saturated carbocycles. The molecule has 0 aliphatic rings. The molecule has 122 valence electrons. The van der Waals surface area contributed by atoms with E-state index in [1.807, 2.05) is 19.9 Å². The van der Waals surface area contributed by atoms with Crippen LogP contribution in [0.25, 0.3) is 0 Å². The predicted molar refractivity (Wildman–Crippen MR) is 86.2 cm³/mol. The maximum absolute atomic E-state index is 12.0. The quantitative estimate of drug-likeness (QED) is 0.600. The lowest BCUT2D eigenvalue weighted by atomic mass is 9.88. The molecule has 4 heteroatoms. The van der Waals surface area contributed by atoms with Crippen LogP contribution < -0.4 is 0 Å². The van der Waals surface area contributed by atoms with Gasteiger partial charge in [0.05, 0.1) is 17.8 Å². The van der Waals surface area contributed by atoms with Gasteiger partial charge in [0.15, 0.2) is 0 Å². The summed E-state index contributed by atoms with van der Waals surface area (Å²) < 4.78 is 5.33. The molecule has 0 radical (unpaired) electrons. The fourth-order valence-corrected chi connectivity index (χ4v) is 2.20. The van der Waals surface area contributed by atoms with Gasteiger partial charge < -0.3 is 14.9 Å². The SMILES string of the molecule is C/C=C(/C[C@@H](O)[C@H](C)[C@H](O)C(C)C)OC(=O)c1ccccc1. The molecule has 0 heterocycles. The van der Waals surface area contributed by atoms with E-state index in [4.69, 9.17) is 4.74 Å². The highest BCUT2D eigenvalue weighted by molar-refractivity contribution is 5.89. The summed E-state index contributed by atoms with van der Waals surface area (Å²) in [4.78, 5) is 12.0. The molecule has 0 bridgehead atoms. The van der Waals surface area contributed by atoms with Gasteiger partial charge in [-0.2, -0.15) is 0 Å². The molecule has 0 saturated heterocycles. The zero-order chi connectivity index (χ0) is 16.7. The van der Waals surface area contributed by atoms with Crippen LogP contribution in [0.2, 0.25) is 0 Å². The molecule has 0 spiro atoms. The average molecular weight is 306 g/mol. The first-order valence-electron chi connectivity index (χ1n) is 7.65. The molecule has 0 aliphatic carbocycles. The molecular weight excluding hydrogens is 280 g/mol. The van der Waals surface area contributed by atoms with E-state index < -0.39 is 18.2 Å². The van der Waals surface area contributed by atoms with Crippen LogP contribution in [-0.2, 0) is 4.74 Å². The van der Waals surface area contributed by atoms with E-state index in [9.17, 15) is 15.0 Å². The first-order valence-corrected chi connectivity index (χ1v) is 7.65. The number of hydrogen-bond donors (Lipinski definition) is 2. The second-order valence-electron chi connectivity index (χ2n) is 5.88. The summed E-state index contributed by atoms with van der Waals surface area (Å²) in [7, 11) is 0. The van der Waals surface area contributed by atoms with Crippen LogP contribution in [0.3, 0.4) is 0 Å². The Morgan fingerprint density at radius 2 is 1.77 bits per heavy atom. The van der Waals surface area contributed by atoms with Gasteiger partial charge in [-0.3, -0.25) is 0 Å². The minimum absolute atomic E-state index is 0.0607. The molecule has 0 unspecified atom stereocenters. The normalized spacial score (nSPS) is 16.2. The summed E-state index contributed by atoms with van der Waals surface area (Å²) in [6.45, 7) is 7.35. The Bertz CT molecular complexity index is 493. The largest absolute Gasteiger partial charge is 0.428 e. The number of rotatable bonds is 7. The van der Waals surface area contributed by atoms with E-state index in [1.54, 1.807) is 44.2 Å². The zero-order valence-electron chi connectivity index (χ0n) is 13.7. The molecule has 22 heavy (non-hydrogen) atoms. The van der Waals surface area contributed by atoms with Gasteiger partial charge in [0.1, 0.15) is 5.76 Å². The van der Waals surface area contributed by atoms with Gasteiger partial charge in [0.25, 0.3) is 0 Å². The fraction of sp³-hybridized carbons (Fsp3) is 0.500. The Morgan fingerprint density at radius 1 is 1.18 bits per heavy atom. The Balaban J connectivity index is 2.64. The van der Waals surface area contributed by atoms with Crippen molar-refractivity contribution in [3.05, 3.63) is 47.7 Å². The lowest BCUT2D eigenvalue weighted by Gasteiger charge is -2.27. The number of aliphatic hydroxyl groups excluding tert-OH is 2. The second kappa shape index (κ2) is 8.71. The van der Waals surface area contributed by atoms with Crippen molar-refractivity contribution in [2.45, 2.75) is 46.3 Å². The summed E-state index contributed by atoms with van der Waals surface area (Å²) in [5.41, 5.74) is 0.464. The molecule has 1 aromatic rings. The third-order valence-electron chi connectivity index (χ3n) is 3.79. The third kappa shape index (κ3) is 5.28. The standard InChI is InChI=1S/C18H26O4/c1-5-15(11-16(19)13(4)17(20)12(2)3)22-18(21)14-9-7-6-8-10-14/h5-10,12-13,16-17,19-20H,11H2,1-4H3/b15-5-/t13-,16+,17+/m0/s1. The minimum Gasteiger partial charge on any atom is -0.428 e. The van der Waals surface area contributed by atoms with Gasteiger partial charge in [-0.15, -0.1) is 0 Å². The van der Waals surface area contributed by atoms with Gasteiger partial charge in [-0.1, -0.05) is 39.0 Å². The van der Waals surface area contributed by atoms with Crippen LogP contribution in [0.5, 0.6) is 0 Å². The van der Waals surface area contributed by atoms with Crippen LogP contribution in [0.1, 0.15) is 44.5 Å². The number of allylic oxidation sites excluding steroid dienone is 1. The molecule has 2 N–H and O–H groups in total. The lowest BCUT2D eigenvalue weighted by Crippen LogP contribution is -2.33. The molecule has 0 fully saturated rings. The molecule has 0 aromatic heterocycles. The Morgan fingerprint density at radius 3 is 2.27 bits per heavy atom. The zero-order valence-corrected chi connectivity index (χ0v) is 13.7. The Hall–Kier alpha value is -1.65. The highest BCUT2D eigenvalue weighted by Crippen LogP contribution is 2.22. The molecule has 3 atom stereocenters. The van der Waals surface area contributed by atoms with Crippen molar-refractivity contribution in [3.63, 3.8) is 0 Å². The van der Waals surface area contributed by atoms with Crippen molar-refractivity contribution in [2.24, 2.45) is 11.8 Å². The van der Waals surface area contributed by atoms with E-state index in [-0.39, 0.29) is 18.3 Å². The summed E-state index contributed by atoms with van der Waals surface area (Å²) in [6.07, 6.45) is 0.489. The smallest absolute Gasteiger partial charge is 0.343 e. The van der Waals surface area contributed by atoms with Crippen LogP contribution in [0.15, 0.2) is 42.2 Å². The fourth-order valence-electron chi connectivity index (χ4n) is 2.20. The first kappa shape index (κ1) is 18.4. The number of hydrogen-bond acceptors (Lipinski definition) is 4. The van der Waals surface area contributed by atoms with Gasteiger partial charge >= 0.3 is 5.97 Å². The maximum Gasteiger partial charge on any atom is 0.343 e. The van der Waals surface area contributed by atoms with Gasteiger partial charge in [0, 0.05) is 12.3 Å². The number of ether oxygens (including phenoxy) is 1. The third-order valence-corrected chi connectivity index (χ3v) is 3.79. The molecule has 1 rings (SSSR count). The van der Waals surface area contributed by atoms with Crippen molar-refractivity contribution in [1.29, 1.82) is 0 Å². The number of esters is 1. The summed E-state index contributed by atoms with van der Waals surface area (Å²) >= 11 is 0. The molecule has 4 nitrogen and oxygen atoms in total. The lowest BCUT2D eigenvalue weighted by molar-refractivity contribution is -0.00669. The van der Waals surface area contributed by atoms with Crippen molar-refractivity contribution >= 4 is 5.97 Å². The summed E-state index contributed by atoms with van der Waals surface area (Å²) in [5, 5.41) is 20.3. The monoisotopic (exact) mass is 306 g/mol. The molecule has 0 amide bonds. The predicted octanol–water partition coefficient (Wildman–Crippen LogP) is 3.15. The van der Waals surface area contributed by atoms with E-state index >= 15 is 0 Å². The molecular formula is C18H26O4. The van der Waals surface area contributed by atoms with Crippen molar-refractivity contribution in [3.8, 4) is 0 Å². The van der Waals surface area contributed by atoms with Crippen molar-refractivity contribution in [2.75, 3.05) is 0 Å². The van der Waals surface area contributed by atoms with E-state index in [0.29, 0.717) is 11.3 Å². The average Bonchev–Trinajstić information content (AvgIpc) is 2.53. The number of carbonyl (C=O) groups excluding carboxylic acids is 1. The van der Waals surface area contributed by atoms with Gasteiger partial charge in [0.2, 0.25) is 0 Å². The molecule has 0 aliphatic heterocycles. The summed E-state index contributed by atoms with van der Waals surface area (Å²) in [5.74, 6) is -0.280. The van der Waals surface area contributed by atoms with Crippen LogP contribution in [-0.4, -0.2) is 28.4 Å². The summed E-state index contributed by atoms with van der Waals surface area (Å²) in [6, 6.07) is 8.71. The minimum atomic E-state index is -0.771. The highest BCUT2D eigenvalue weighted by Gasteiger charge is 2.26. The van der Waals surface area contributed by atoms with E-state index in [0.717, 1.165) is 0 Å². The Labute approximate surface area is 132 Å². The number of benzene rings is 1. The van der Waals surface area contributed by atoms with Crippen LogP contribution >= 0.6 is 0 Å². The van der Waals surface area contributed by atoms with Crippen molar-refractivity contribution in [1.82, 2.24) is 0 Å². The van der Waals surface area contributed by atoms with Crippen LogP contribution in [0.4, 0.5) is 0 Å².